The lowest BCUT2D eigenvalue weighted by atomic mass is 10.0. The Kier molecular flexibility index (Phi) is 5.32. The molecule has 1 aromatic carbocycles. The van der Waals surface area contributed by atoms with Gasteiger partial charge in [-0.3, -0.25) is 10.1 Å². The van der Waals surface area contributed by atoms with Crippen LogP contribution in [0.25, 0.3) is 0 Å². The number of amides is 3. The number of carbonyl (C=O) groups excluding carboxylic acids is 2. The minimum Gasteiger partial charge on any atom is -0.463 e. The lowest BCUT2D eigenvalue weighted by Gasteiger charge is -2.18. The van der Waals surface area contributed by atoms with Crippen LogP contribution in [0, 0.1) is 0 Å². The van der Waals surface area contributed by atoms with Gasteiger partial charge in [-0.15, -0.1) is 0 Å². The van der Waals surface area contributed by atoms with Crippen LogP contribution in [0.4, 0.5) is 4.79 Å². The average Bonchev–Trinajstić information content (AvgIpc) is 3.07. The Morgan fingerprint density at radius 1 is 1.14 bits per heavy atom. The van der Waals surface area contributed by atoms with E-state index < -0.39 is 12.1 Å². The number of urea groups is 1. The molecule has 0 bridgehead atoms. The number of hydrogen-bond donors (Lipinski definition) is 3. The molecule has 2 atom stereocenters. The summed E-state index contributed by atoms with van der Waals surface area (Å²) in [5, 5.41) is 6.58. The first-order valence-electron chi connectivity index (χ1n) is 7.07. The first kappa shape index (κ1) is 15.8. The van der Waals surface area contributed by atoms with E-state index in [4.69, 9.17) is 4.42 Å². The molecule has 22 heavy (non-hydrogen) atoms. The van der Waals surface area contributed by atoms with Gasteiger partial charge in [-0.2, -0.15) is 0 Å². The molecule has 0 fully saturated rings. The van der Waals surface area contributed by atoms with Gasteiger partial charge in [-0.25, -0.2) is 4.79 Å². The predicted octanol–water partition coefficient (Wildman–Crippen LogP) is 1.10. The number of quaternary nitrogens is 1. The normalized spacial score (nSPS) is 13.2. The molecule has 0 saturated heterocycles. The third-order valence-electron chi connectivity index (χ3n) is 3.38. The molecule has 0 unspecified atom stereocenters. The molecule has 6 heteroatoms. The first-order chi connectivity index (χ1) is 10.6. The number of imide groups is 1. The Morgan fingerprint density at radius 2 is 1.86 bits per heavy atom. The van der Waals surface area contributed by atoms with Crippen molar-refractivity contribution in [3.05, 3.63) is 60.1 Å². The van der Waals surface area contributed by atoms with Gasteiger partial charge in [0.15, 0.2) is 11.8 Å². The van der Waals surface area contributed by atoms with Gasteiger partial charge >= 0.3 is 6.03 Å². The van der Waals surface area contributed by atoms with Crippen LogP contribution in [0.15, 0.2) is 53.1 Å². The average molecular weight is 302 g/mol. The monoisotopic (exact) mass is 302 g/mol. The van der Waals surface area contributed by atoms with E-state index in [1.54, 1.807) is 6.26 Å². The van der Waals surface area contributed by atoms with Crippen LogP contribution in [0.2, 0.25) is 0 Å². The summed E-state index contributed by atoms with van der Waals surface area (Å²) in [6.45, 7) is 1.95. The summed E-state index contributed by atoms with van der Waals surface area (Å²) < 4.78 is 5.37. The third kappa shape index (κ3) is 3.95. The Bertz CT molecular complexity index is 611. The second-order valence-corrected chi connectivity index (χ2v) is 4.95. The predicted molar refractivity (Wildman–Crippen MR) is 80.8 cm³/mol. The van der Waals surface area contributed by atoms with Gasteiger partial charge in [-0.1, -0.05) is 30.3 Å². The van der Waals surface area contributed by atoms with Crippen molar-refractivity contribution < 1.29 is 19.3 Å². The van der Waals surface area contributed by atoms with E-state index in [2.05, 4.69) is 10.6 Å². The van der Waals surface area contributed by atoms with Crippen molar-refractivity contribution in [2.75, 3.05) is 7.05 Å². The van der Waals surface area contributed by atoms with E-state index in [9.17, 15) is 9.59 Å². The maximum absolute atomic E-state index is 12.4. The van der Waals surface area contributed by atoms with Crippen molar-refractivity contribution >= 4 is 11.9 Å². The number of benzene rings is 1. The quantitative estimate of drug-likeness (QED) is 0.773. The second kappa shape index (κ2) is 7.42. The van der Waals surface area contributed by atoms with Crippen LogP contribution in [-0.2, 0) is 4.79 Å². The number of hydrogen-bond acceptors (Lipinski definition) is 3. The summed E-state index contributed by atoms with van der Waals surface area (Å²) in [6.07, 6.45) is 1.60. The lowest BCUT2D eigenvalue weighted by molar-refractivity contribution is -0.720. The molecule has 4 N–H and O–H groups in total. The molecule has 1 aromatic heterocycles. The Morgan fingerprint density at radius 3 is 2.45 bits per heavy atom. The van der Waals surface area contributed by atoms with Crippen molar-refractivity contribution in [3.8, 4) is 0 Å². The molecule has 0 aliphatic carbocycles. The molecular formula is C16H20N3O3+. The maximum Gasteiger partial charge on any atom is 0.321 e. The van der Waals surface area contributed by atoms with Gasteiger partial charge in [0.05, 0.1) is 6.26 Å². The third-order valence-corrected chi connectivity index (χ3v) is 3.38. The molecule has 0 radical (unpaired) electrons. The molecule has 1 heterocycles. The van der Waals surface area contributed by atoms with Crippen molar-refractivity contribution in [2.45, 2.75) is 19.0 Å². The van der Waals surface area contributed by atoms with E-state index in [1.807, 2.05) is 54.7 Å². The van der Waals surface area contributed by atoms with Gasteiger partial charge in [-0.05, 0) is 19.1 Å². The molecule has 2 rings (SSSR count). The minimum absolute atomic E-state index is 0.0596. The van der Waals surface area contributed by atoms with Gasteiger partial charge < -0.3 is 15.1 Å². The molecule has 3 amide bonds. The lowest BCUT2D eigenvalue weighted by Crippen LogP contribution is -2.88. The summed E-state index contributed by atoms with van der Waals surface area (Å²) in [5.41, 5.74) is 0.822. The van der Waals surface area contributed by atoms with Crippen LogP contribution in [0.1, 0.15) is 30.3 Å². The smallest absolute Gasteiger partial charge is 0.321 e. The van der Waals surface area contributed by atoms with Crippen LogP contribution in [0.3, 0.4) is 0 Å². The van der Waals surface area contributed by atoms with Gasteiger partial charge in [0.1, 0.15) is 6.04 Å². The maximum atomic E-state index is 12.4. The fraction of sp³-hybridized carbons (Fsp3) is 0.250. The van der Waals surface area contributed by atoms with Crippen molar-refractivity contribution in [3.63, 3.8) is 0 Å². The second-order valence-electron chi connectivity index (χ2n) is 4.95. The molecule has 116 valence electrons. The van der Waals surface area contributed by atoms with Crippen LogP contribution in [-0.4, -0.2) is 19.0 Å². The fourth-order valence-corrected chi connectivity index (χ4v) is 2.20. The summed E-state index contributed by atoms with van der Waals surface area (Å²) >= 11 is 0. The molecule has 0 aliphatic rings. The van der Waals surface area contributed by atoms with E-state index in [0.717, 1.165) is 11.3 Å². The Labute approximate surface area is 128 Å². The van der Waals surface area contributed by atoms with Crippen LogP contribution < -0.4 is 16.0 Å². The molecule has 6 nitrogen and oxygen atoms in total. The largest absolute Gasteiger partial charge is 0.463 e. The van der Waals surface area contributed by atoms with Crippen molar-refractivity contribution in [1.82, 2.24) is 10.6 Å². The highest BCUT2D eigenvalue weighted by molar-refractivity contribution is 5.96. The highest BCUT2D eigenvalue weighted by atomic mass is 16.3. The van der Waals surface area contributed by atoms with Crippen LogP contribution >= 0.6 is 0 Å². The zero-order valence-electron chi connectivity index (χ0n) is 12.6. The highest BCUT2D eigenvalue weighted by Crippen LogP contribution is 2.13. The van der Waals surface area contributed by atoms with Crippen molar-refractivity contribution in [2.24, 2.45) is 0 Å². The summed E-state index contributed by atoms with van der Waals surface area (Å²) in [7, 11) is 1.47. The number of furan rings is 1. The van der Waals surface area contributed by atoms with E-state index in [-0.39, 0.29) is 11.9 Å². The topological polar surface area (TPSA) is 88.0 Å². The highest BCUT2D eigenvalue weighted by Gasteiger charge is 2.28. The van der Waals surface area contributed by atoms with E-state index >= 15 is 0 Å². The summed E-state index contributed by atoms with van der Waals surface area (Å²) in [6, 6.07) is 11.9. The zero-order chi connectivity index (χ0) is 15.9. The van der Waals surface area contributed by atoms with E-state index in [1.165, 1.54) is 7.05 Å². The fourth-order valence-electron chi connectivity index (χ4n) is 2.20. The Balaban J connectivity index is 2.18. The molecular weight excluding hydrogens is 282 g/mol. The minimum atomic E-state index is -0.543. The molecule has 0 saturated carbocycles. The van der Waals surface area contributed by atoms with Crippen LogP contribution in [0.5, 0.6) is 0 Å². The molecule has 0 aliphatic heterocycles. The SMILES string of the molecule is CNC(=O)NC(=O)[C@@H]([NH2+][C@@H](C)c1ccco1)c1ccccc1. The summed E-state index contributed by atoms with van der Waals surface area (Å²) in [5.74, 6) is 0.401. The summed E-state index contributed by atoms with van der Waals surface area (Å²) in [4.78, 5) is 23.8. The number of nitrogens with one attached hydrogen (secondary N) is 2. The van der Waals surface area contributed by atoms with Gasteiger partial charge in [0.2, 0.25) is 0 Å². The standard InChI is InChI=1S/C16H19N3O3/c1-11(13-9-6-10-22-13)18-14(12-7-4-3-5-8-12)15(20)19-16(21)17-2/h3-11,14,18H,1-2H3,(H2,17,19,20,21)/p+1/t11-,14-/m0/s1. The van der Waals surface area contributed by atoms with E-state index in [0.29, 0.717) is 0 Å². The number of carbonyl (C=O) groups is 2. The van der Waals surface area contributed by atoms with Crippen molar-refractivity contribution in [1.29, 1.82) is 0 Å². The first-order valence-corrected chi connectivity index (χ1v) is 7.07. The number of rotatable bonds is 5. The number of nitrogens with two attached hydrogens (primary N) is 1. The van der Waals surface area contributed by atoms with Gasteiger partial charge in [0.25, 0.3) is 5.91 Å². The van der Waals surface area contributed by atoms with Gasteiger partial charge in [0, 0.05) is 12.6 Å². The Hall–Kier alpha value is -2.60. The molecule has 0 spiro atoms. The molecule has 2 aromatic rings. The zero-order valence-corrected chi connectivity index (χ0v) is 12.6.